The molecule has 0 aliphatic carbocycles. The number of thioether (sulfide) groups is 1. The van der Waals surface area contributed by atoms with Crippen molar-refractivity contribution in [2.45, 2.75) is 31.9 Å². The Balaban J connectivity index is 2.15. The van der Waals surface area contributed by atoms with Crippen LogP contribution in [0.25, 0.3) is 0 Å². The first-order valence-corrected chi connectivity index (χ1v) is 8.13. The summed E-state index contributed by atoms with van der Waals surface area (Å²) >= 11 is 1.95. The molecule has 1 N–H and O–H groups in total. The Bertz CT molecular complexity index is 476. The van der Waals surface area contributed by atoms with Crippen LogP contribution in [-0.4, -0.2) is 45.9 Å². The van der Waals surface area contributed by atoms with Crippen LogP contribution >= 0.6 is 11.8 Å². The highest BCUT2D eigenvalue weighted by Gasteiger charge is 2.27. The van der Waals surface area contributed by atoms with Crippen molar-refractivity contribution in [3.63, 3.8) is 0 Å². The summed E-state index contributed by atoms with van der Waals surface area (Å²) in [6, 6.07) is 1.81. The zero-order valence-electron chi connectivity index (χ0n) is 12.5. The number of anilines is 1. The Morgan fingerprint density at radius 2 is 2.30 bits per heavy atom. The van der Waals surface area contributed by atoms with Crippen molar-refractivity contribution >= 4 is 23.4 Å². The molecule has 1 saturated heterocycles. The largest absolute Gasteiger partial charge is 0.383 e. The van der Waals surface area contributed by atoms with Crippen LogP contribution in [-0.2, 0) is 0 Å². The second-order valence-corrected chi connectivity index (χ2v) is 7.40. The van der Waals surface area contributed by atoms with Crippen LogP contribution in [0.15, 0.2) is 18.5 Å². The Morgan fingerprint density at radius 3 is 3.05 bits per heavy atom. The molecule has 4 nitrogen and oxygen atoms in total. The van der Waals surface area contributed by atoms with Gasteiger partial charge in [0.2, 0.25) is 0 Å². The molecule has 1 aliphatic heterocycles. The number of carbonyl (C=O) groups is 1. The summed E-state index contributed by atoms with van der Waals surface area (Å²) < 4.78 is 0.262. The van der Waals surface area contributed by atoms with Crippen LogP contribution in [0.4, 0.5) is 5.69 Å². The topological polar surface area (TPSA) is 45.2 Å². The van der Waals surface area contributed by atoms with E-state index in [-0.39, 0.29) is 10.7 Å². The van der Waals surface area contributed by atoms with Gasteiger partial charge >= 0.3 is 0 Å². The van der Waals surface area contributed by atoms with E-state index in [0.29, 0.717) is 0 Å². The minimum absolute atomic E-state index is 0.113. The van der Waals surface area contributed by atoms with Crippen molar-refractivity contribution in [2.24, 2.45) is 0 Å². The molecular weight excluding hydrogens is 270 g/mol. The second-order valence-electron chi connectivity index (χ2n) is 5.60. The average Bonchev–Trinajstić information content (AvgIpc) is 2.60. The predicted octanol–water partition coefficient (Wildman–Crippen LogP) is 2.87. The van der Waals surface area contributed by atoms with Gasteiger partial charge < -0.3 is 10.2 Å². The molecule has 0 unspecified atom stereocenters. The summed E-state index contributed by atoms with van der Waals surface area (Å²) in [5.41, 5.74) is 1.56. The number of hydrogen-bond donors (Lipinski definition) is 1. The minimum Gasteiger partial charge on any atom is -0.383 e. The smallest absolute Gasteiger partial charge is 0.256 e. The number of hydrogen-bond acceptors (Lipinski definition) is 4. The van der Waals surface area contributed by atoms with Crippen LogP contribution < -0.4 is 5.32 Å². The van der Waals surface area contributed by atoms with Gasteiger partial charge in [-0.1, -0.05) is 13.8 Å². The molecule has 0 bridgehead atoms. The van der Waals surface area contributed by atoms with E-state index >= 15 is 0 Å². The zero-order chi connectivity index (χ0) is 14.6. The van der Waals surface area contributed by atoms with E-state index in [0.717, 1.165) is 43.1 Å². The standard InChI is InChI=1S/C15H23N3OS/c1-4-17-13-11-16-7-5-12(13)14(19)18-8-6-15(2,3)20-10-9-18/h5,7,11,17H,4,6,8-10H2,1-3H3. The number of aromatic nitrogens is 1. The zero-order valence-corrected chi connectivity index (χ0v) is 13.3. The van der Waals surface area contributed by atoms with Crippen LogP contribution in [0.5, 0.6) is 0 Å². The highest BCUT2D eigenvalue weighted by molar-refractivity contribution is 8.00. The van der Waals surface area contributed by atoms with Gasteiger partial charge in [0.05, 0.1) is 17.4 Å². The van der Waals surface area contributed by atoms with Crippen molar-refractivity contribution in [2.75, 3.05) is 30.7 Å². The van der Waals surface area contributed by atoms with E-state index in [4.69, 9.17) is 0 Å². The molecule has 110 valence electrons. The Labute approximate surface area is 125 Å². The molecule has 20 heavy (non-hydrogen) atoms. The summed E-state index contributed by atoms with van der Waals surface area (Å²) in [4.78, 5) is 18.8. The highest BCUT2D eigenvalue weighted by atomic mass is 32.2. The lowest BCUT2D eigenvalue weighted by Gasteiger charge is -2.23. The number of amides is 1. The number of rotatable bonds is 3. The highest BCUT2D eigenvalue weighted by Crippen LogP contribution is 2.31. The van der Waals surface area contributed by atoms with E-state index < -0.39 is 0 Å². The van der Waals surface area contributed by atoms with E-state index in [1.807, 2.05) is 29.7 Å². The molecule has 0 aromatic carbocycles. The summed E-state index contributed by atoms with van der Waals surface area (Å²) in [7, 11) is 0. The number of carbonyl (C=O) groups excluding carboxylic acids is 1. The van der Waals surface area contributed by atoms with Gasteiger partial charge in [0.25, 0.3) is 5.91 Å². The molecule has 1 aromatic heterocycles. The van der Waals surface area contributed by atoms with E-state index in [1.165, 1.54) is 0 Å². The van der Waals surface area contributed by atoms with Gasteiger partial charge in [0.1, 0.15) is 0 Å². The molecule has 1 aliphatic rings. The maximum absolute atomic E-state index is 12.7. The first kappa shape index (κ1) is 15.2. The number of nitrogens with one attached hydrogen (secondary N) is 1. The maximum Gasteiger partial charge on any atom is 0.256 e. The maximum atomic E-state index is 12.7. The van der Waals surface area contributed by atoms with E-state index in [2.05, 4.69) is 24.1 Å². The fourth-order valence-corrected chi connectivity index (χ4v) is 3.41. The van der Waals surface area contributed by atoms with Gasteiger partial charge in [-0.3, -0.25) is 9.78 Å². The van der Waals surface area contributed by atoms with Crippen LogP contribution in [0.2, 0.25) is 0 Å². The molecule has 2 heterocycles. The Hall–Kier alpha value is -1.23. The number of pyridine rings is 1. The molecule has 1 fully saturated rings. The third-order valence-electron chi connectivity index (χ3n) is 3.54. The number of nitrogens with zero attached hydrogens (tertiary/aromatic N) is 2. The monoisotopic (exact) mass is 293 g/mol. The summed E-state index contributed by atoms with van der Waals surface area (Å²) in [5.74, 6) is 1.11. The normalized spacial score (nSPS) is 18.4. The van der Waals surface area contributed by atoms with Gasteiger partial charge in [-0.15, -0.1) is 0 Å². The quantitative estimate of drug-likeness (QED) is 0.931. The summed E-state index contributed by atoms with van der Waals surface area (Å²) in [6.45, 7) is 8.96. The van der Waals surface area contributed by atoms with Gasteiger partial charge in [0.15, 0.2) is 0 Å². The van der Waals surface area contributed by atoms with E-state index in [9.17, 15) is 4.79 Å². The van der Waals surface area contributed by atoms with Gasteiger partial charge in [-0.05, 0) is 19.4 Å². The van der Waals surface area contributed by atoms with Crippen molar-refractivity contribution in [3.05, 3.63) is 24.0 Å². The molecule has 0 radical (unpaired) electrons. The van der Waals surface area contributed by atoms with Gasteiger partial charge in [-0.2, -0.15) is 11.8 Å². The van der Waals surface area contributed by atoms with Gasteiger partial charge in [0, 0.05) is 36.3 Å². The first-order chi connectivity index (χ1) is 9.53. The third-order valence-corrected chi connectivity index (χ3v) is 4.92. The lowest BCUT2D eigenvalue weighted by Crippen LogP contribution is -2.34. The lowest BCUT2D eigenvalue weighted by atomic mass is 10.1. The molecular formula is C15H23N3OS. The lowest BCUT2D eigenvalue weighted by molar-refractivity contribution is 0.0765. The molecule has 2 rings (SSSR count). The van der Waals surface area contributed by atoms with Crippen molar-refractivity contribution in [1.29, 1.82) is 0 Å². The van der Waals surface area contributed by atoms with Crippen molar-refractivity contribution in [1.82, 2.24) is 9.88 Å². The minimum atomic E-state index is 0.113. The molecule has 0 saturated carbocycles. The molecule has 0 atom stereocenters. The van der Waals surface area contributed by atoms with Crippen molar-refractivity contribution < 1.29 is 4.79 Å². The summed E-state index contributed by atoms with van der Waals surface area (Å²) in [6.07, 6.45) is 4.45. The third kappa shape index (κ3) is 3.66. The Kier molecular flexibility index (Phi) is 4.91. The van der Waals surface area contributed by atoms with Crippen LogP contribution in [0.3, 0.4) is 0 Å². The molecule has 5 heteroatoms. The summed E-state index contributed by atoms with van der Waals surface area (Å²) in [5, 5.41) is 3.21. The average molecular weight is 293 g/mol. The van der Waals surface area contributed by atoms with Gasteiger partial charge in [-0.25, -0.2) is 0 Å². The fourth-order valence-electron chi connectivity index (χ4n) is 2.31. The molecule has 0 spiro atoms. The van der Waals surface area contributed by atoms with Crippen molar-refractivity contribution in [3.8, 4) is 0 Å². The molecule has 1 amide bonds. The second kappa shape index (κ2) is 6.48. The SMILES string of the molecule is CCNc1cnccc1C(=O)N1CCSC(C)(C)CC1. The Morgan fingerprint density at radius 1 is 1.50 bits per heavy atom. The van der Waals surface area contributed by atoms with E-state index in [1.54, 1.807) is 12.4 Å². The van der Waals surface area contributed by atoms with Crippen LogP contribution in [0.1, 0.15) is 37.6 Å². The predicted molar refractivity (Wildman–Crippen MR) is 85.5 cm³/mol. The fraction of sp³-hybridized carbons (Fsp3) is 0.600. The molecule has 1 aromatic rings. The van der Waals surface area contributed by atoms with Crippen LogP contribution in [0, 0.1) is 0 Å². The first-order valence-electron chi connectivity index (χ1n) is 7.14.